The van der Waals surface area contributed by atoms with Crippen molar-refractivity contribution >= 4 is 16.6 Å². The quantitative estimate of drug-likeness (QED) is 0.662. The minimum atomic E-state index is -4.48. The molecule has 0 amide bonds. The van der Waals surface area contributed by atoms with Gasteiger partial charge in [0.1, 0.15) is 11.6 Å². The fourth-order valence-corrected chi connectivity index (χ4v) is 3.99. The first kappa shape index (κ1) is 21.6. The smallest absolute Gasteiger partial charge is 0.362 e. The van der Waals surface area contributed by atoms with Gasteiger partial charge in [0.25, 0.3) is 11.1 Å². The lowest BCUT2D eigenvalue weighted by atomic mass is 9.97. The molecule has 0 aliphatic heterocycles. The van der Waals surface area contributed by atoms with Crippen LogP contribution in [0, 0.1) is 18.3 Å². The number of alkyl halides is 3. The lowest BCUT2D eigenvalue weighted by molar-refractivity contribution is -0.138. The van der Waals surface area contributed by atoms with Gasteiger partial charge in [-0.15, -0.1) is 0 Å². The number of nitriles is 1. The highest BCUT2D eigenvalue weighted by molar-refractivity contribution is 5.94. The van der Waals surface area contributed by atoms with E-state index in [-0.39, 0.29) is 33.8 Å². The summed E-state index contributed by atoms with van der Waals surface area (Å²) < 4.78 is 42.5. The summed E-state index contributed by atoms with van der Waals surface area (Å²) in [6.07, 6.45) is -1.39. The predicted molar refractivity (Wildman–Crippen MR) is 112 cm³/mol. The van der Waals surface area contributed by atoms with Crippen LogP contribution in [0.3, 0.4) is 0 Å². The van der Waals surface area contributed by atoms with Crippen LogP contribution < -0.4 is 16.4 Å². The molecule has 32 heavy (non-hydrogen) atoms. The van der Waals surface area contributed by atoms with Gasteiger partial charge in [0, 0.05) is 24.7 Å². The second-order valence-electron chi connectivity index (χ2n) is 8.01. The van der Waals surface area contributed by atoms with E-state index >= 15 is 0 Å². The summed E-state index contributed by atoms with van der Waals surface area (Å²) in [7, 11) is 1.39. The molecule has 10 heteroatoms. The summed E-state index contributed by atoms with van der Waals surface area (Å²) in [6.45, 7) is 3.09. The zero-order valence-electron chi connectivity index (χ0n) is 17.6. The number of pyridine rings is 1. The molecular weight excluding hydrogens is 423 g/mol. The molecule has 0 saturated heterocycles. The Morgan fingerprint density at radius 1 is 1.25 bits per heavy atom. The number of rotatable bonds is 4. The monoisotopic (exact) mass is 443 g/mol. The van der Waals surface area contributed by atoms with Gasteiger partial charge in [0.2, 0.25) is 0 Å². The molecule has 3 aromatic rings. The van der Waals surface area contributed by atoms with E-state index in [2.05, 4.69) is 10.4 Å². The van der Waals surface area contributed by atoms with E-state index in [9.17, 15) is 28.0 Å². The molecular formula is C22H20F3N5O2. The van der Waals surface area contributed by atoms with E-state index in [0.29, 0.717) is 5.56 Å². The SMILES string of the molecule is Cc1c(C(C)Nc2nn(C)c(=O)c3c(C#N)c(=O)n(C4CC4)cc23)cccc1C(F)(F)F. The second kappa shape index (κ2) is 7.51. The van der Waals surface area contributed by atoms with Gasteiger partial charge in [-0.25, -0.2) is 4.68 Å². The summed E-state index contributed by atoms with van der Waals surface area (Å²) in [6, 6.07) is 5.16. The number of anilines is 1. The molecule has 1 unspecified atom stereocenters. The van der Waals surface area contributed by atoms with Crippen LogP contribution in [0.15, 0.2) is 34.0 Å². The van der Waals surface area contributed by atoms with Gasteiger partial charge >= 0.3 is 6.18 Å². The highest BCUT2D eigenvalue weighted by Gasteiger charge is 2.33. The number of halogens is 3. The van der Waals surface area contributed by atoms with Crippen LogP contribution in [0.5, 0.6) is 0 Å². The van der Waals surface area contributed by atoms with Crippen molar-refractivity contribution in [3.05, 3.63) is 67.4 Å². The van der Waals surface area contributed by atoms with E-state index in [0.717, 1.165) is 23.6 Å². The first-order chi connectivity index (χ1) is 15.0. The van der Waals surface area contributed by atoms with Gasteiger partial charge in [-0.1, -0.05) is 12.1 Å². The highest BCUT2D eigenvalue weighted by Crippen LogP contribution is 2.37. The zero-order valence-corrected chi connectivity index (χ0v) is 17.6. The molecule has 1 N–H and O–H groups in total. The molecule has 0 bridgehead atoms. The molecule has 1 fully saturated rings. The molecule has 4 rings (SSSR count). The normalized spacial score (nSPS) is 14.9. The Morgan fingerprint density at radius 3 is 2.53 bits per heavy atom. The molecule has 1 aromatic carbocycles. The van der Waals surface area contributed by atoms with Crippen LogP contribution in [0.1, 0.15) is 54.1 Å². The Labute approximate surface area is 180 Å². The Bertz CT molecular complexity index is 1390. The van der Waals surface area contributed by atoms with Crippen molar-refractivity contribution < 1.29 is 13.2 Å². The Morgan fingerprint density at radius 2 is 1.94 bits per heavy atom. The number of hydrogen-bond donors (Lipinski definition) is 1. The predicted octanol–water partition coefficient (Wildman–Crippen LogP) is 3.80. The molecule has 166 valence electrons. The van der Waals surface area contributed by atoms with E-state index in [1.165, 1.54) is 30.8 Å². The molecule has 0 radical (unpaired) electrons. The fourth-order valence-electron chi connectivity index (χ4n) is 3.99. The lowest BCUT2D eigenvalue weighted by Gasteiger charge is -2.21. The molecule has 1 atom stereocenters. The van der Waals surface area contributed by atoms with E-state index in [4.69, 9.17) is 0 Å². The highest BCUT2D eigenvalue weighted by atomic mass is 19.4. The average Bonchev–Trinajstić information content (AvgIpc) is 3.55. The topological polar surface area (TPSA) is 92.7 Å². The molecule has 2 aromatic heterocycles. The van der Waals surface area contributed by atoms with Crippen LogP contribution >= 0.6 is 0 Å². The van der Waals surface area contributed by atoms with E-state index in [1.807, 2.05) is 6.07 Å². The van der Waals surface area contributed by atoms with Gasteiger partial charge in [-0.2, -0.15) is 23.5 Å². The number of aryl methyl sites for hydroxylation is 1. The first-order valence-corrected chi connectivity index (χ1v) is 10.0. The Balaban J connectivity index is 1.89. The van der Waals surface area contributed by atoms with Crippen LogP contribution in [-0.2, 0) is 13.2 Å². The maximum Gasteiger partial charge on any atom is 0.416 e. The zero-order chi connectivity index (χ0) is 23.4. The number of aromatic nitrogens is 3. The van der Waals surface area contributed by atoms with E-state index < -0.39 is 28.9 Å². The van der Waals surface area contributed by atoms with E-state index in [1.54, 1.807) is 13.0 Å². The number of nitrogens with zero attached hydrogens (tertiary/aromatic N) is 4. The number of hydrogen-bond acceptors (Lipinski definition) is 5. The van der Waals surface area contributed by atoms with Crippen LogP contribution in [0.2, 0.25) is 0 Å². The number of fused-ring (bicyclic) bond motifs is 1. The van der Waals surface area contributed by atoms with Crippen molar-refractivity contribution in [3.8, 4) is 6.07 Å². The minimum absolute atomic E-state index is 0.0426. The van der Waals surface area contributed by atoms with Crippen molar-refractivity contribution in [3.63, 3.8) is 0 Å². The van der Waals surface area contributed by atoms with Crippen molar-refractivity contribution in [2.24, 2.45) is 7.05 Å². The fraction of sp³-hybridized carbons (Fsp3) is 0.364. The molecule has 0 spiro atoms. The maximum absolute atomic E-state index is 13.3. The molecule has 2 heterocycles. The third-order valence-electron chi connectivity index (χ3n) is 5.80. The Kier molecular flexibility index (Phi) is 5.07. The molecule has 7 nitrogen and oxygen atoms in total. The summed E-state index contributed by atoms with van der Waals surface area (Å²) in [5.41, 5.74) is -1.61. The van der Waals surface area contributed by atoms with Gasteiger partial charge in [0.05, 0.1) is 17.0 Å². The molecule has 1 aliphatic carbocycles. The molecule has 1 saturated carbocycles. The average molecular weight is 443 g/mol. The van der Waals surface area contributed by atoms with Gasteiger partial charge in [-0.05, 0) is 43.9 Å². The van der Waals surface area contributed by atoms with Crippen LogP contribution in [0.4, 0.5) is 19.0 Å². The lowest BCUT2D eigenvalue weighted by Crippen LogP contribution is -2.29. The Hall–Kier alpha value is -3.61. The largest absolute Gasteiger partial charge is 0.416 e. The van der Waals surface area contributed by atoms with Crippen LogP contribution in [0.25, 0.3) is 10.8 Å². The van der Waals surface area contributed by atoms with Gasteiger partial charge < -0.3 is 9.88 Å². The number of nitrogens with one attached hydrogen (secondary N) is 1. The molecule has 1 aliphatic rings. The maximum atomic E-state index is 13.3. The first-order valence-electron chi connectivity index (χ1n) is 10.0. The summed E-state index contributed by atoms with van der Waals surface area (Å²) in [4.78, 5) is 25.5. The van der Waals surface area contributed by atoms with Gasteiger partial charge in [0.15, 0.2) is 5.82 Å². The van der Waals surface area contributed by atoms with Crippen LogP contribution in [-0.4, -0.2) is 14.3 Å². The summed E-state index contributed by atoms with van der Waals surface area (Å²) in [5, 5.41) is 17.1. The number of benzene rings is 1. The van der Waals surface area contributed by atoms with Gasteiger partial charge in [-0.3, -0.25) is 9.59 Å². The van der Waals surface area contributed by atoms with Crippen molar-refractivity contribution in [2.75, 3.05) is 5.32 Å². The third-order valence-corrected chi connectivity index (χ3v) is 5.80. The summed E-state index contributed by atoms with van der Waals surface area (Å²) in [5.74, 6) is 0.206. The second-order valence-corrected chi connectivity index (χ2v) is 8.01. The summed E-state index contributed by atoms with van der Waals surface area (Å²) >= 11 is 0. The van der Waals surface area contributed by atoms with Crippen molar-refractivity contribution in [1.29, 1.82) is 5.26 Å². The standard InChI is InChI=1S/C22H20F3N5O2/c1-11-14(5-4-6-17(11)22(23,24)25)12(2)27-19-16-10-30(13-7-8-13)20(31)15(9-26)18(16)21(32)29(3)28-19/h4-6,10,12-13H,7-8H2,1-3H3,(H,27,28). The third kappa shape index (κ3) is 3.53. The van der Waals surface area contributed by atoms with Crippen molar-refractivity contribution in [2.45, 2.75) is 44.9 Å². The minimum Gasteiger partial charge on any atom is -0.362 e. The van der Waals surface area contributed by atoms with Crippen molar-refractivity contribution in [1.82, 2.24) is 14.3 Å².